The SMILES string of the molecule is O=C(O)N1C[C@@H](O)CC[C@H]1CO. The van der Waals surface area contributed by atoms with E-state index in [4.69, 9.17) is 15.3 Å². The van der Waals surface area contributed by atoms with Crippen molar-refractivity contribution in [2.45, 2.75) is 25.0 Å². The van der Waals surface area contributed by atoms with Crippen LogP contribution in [0.4, 0.5) is 4.79 Å². The van der Waals surface area contributed by atoms with Crippen molar-refractivity contribution in [1.29, 1.82) is 0 Å². The molecule has 1 aliphatic heterocycles. The maximum absolute atomic E-state index is 10.6. The predicted molar refractivity (Wildman–Crippen MR) is 40.8 cm³/mol. The third-order valence-electron chi connectivity index (χ3n) is 2.14. The van der Waals surface area contributed by atoms with Gasteiger partial charge in [-0.3, -0.25) is 0 Å². The molecule has 1 amide bonds. The van der Waals surface area contributed by atoms with Gasteiger partial charge >= 0.3 is 6.09 Å². The number of amides is 1. The molecule has 0 radical (unpaired) electrons. The highest BCUT2D eigenvalue weighted by atomic mass is 16.4. The van der Waals surface area contributed by atoms with Crippen LogP contribution in [0.25, 0.3) is 0 Å². The van der Waals surface area contributed by atoms with E-state index in [1.807, 2.05) is 0 Å². The third-order valence-corrected chi connectivity index (χ3v) is 2.14. The number of β-amino-alcohol motifs (C(OH)–C–C–N with tert-alkyl or cyclic N) is 1. The summed E-state index contributed by atoms with van der Waals surface area (Å²) in [5, 5.41) is 26.6. The van der Waals surface area contributed by atoms with E-state index < -0.39 is 12.2 Å². The predicted octanol–water partition coefficient (Wildman–Crippen LogP) is -0.518. The zero-order valence-corrected chi connectivity index (χ0v) is 6.68. The average molecular weight is 175 g/mol. The number of carboxylic acid groups (broad SMARTS) is 1. The quantitative estimate of drug-likeness (QED) is 0.501. The summed E-state index contributed by atoms with van der Waals surface area (Å²) < 4.78 is 0. The van der Waals surface area contributed by atoms with Gasteiger partial charge < -0.3 is 20.2 Å². The molecule has 0 aliphatic carbocycles. The molecule has 0 saturated carbocycles. The van der Waals surface area contributed by atoms with Crippen molar-refractivity contribution in [2.24, 2.45) is 0 Å². The van der Waals surface area contributed by atoms with Crippen LogP contribution in [0.15, 0.2) is 0 Å². The first-order valence-electron chi connectivity index (χ1n) is 3.93. The summed E-state index contributed by atoms with van der Waals surface area (Å²) in [7, 11) is 0. The van der Waals surface area contributed by atoms with Crippen molar-refractivity contribution >= 4 is 6.09 Å². The fourth-order valence-corrected chi connectivity index (χ4v) is 1.43. The zero-order chi connectivity index (χ0) is 9.14. The van der Waals surface area contributed by atoms with Crippen molar-refractivity contribution in [3.8, 4) is 0 Å². The fourth-order valence-electron chi connectivity index (χ4n) is 1.43. The second kappa shape index (κ2) is 3.73. The van der Waals surface area contributed by atoms with Gasteiger partial charge in [0.1, 0.15) is 0 Å². The molecule has 1 saturated heterocycles. The van der Waals surface area contributed by atoms with E-state index in [-0.39, 0.29) is 19.2 Å². The number of piperidine rings is 1. The number of aliphatic hydroxyl groups excluding tert-OH is 2. The molecule has 0 aromatic carbocycles. The average Bonchev–Trinajstić information content (AvgIpc) is 2.04. The van der Waals surface area contributed by atoms with E-state index >= 15 is 0 Å². The normalized spacial score (nSPS) is 30.3. The number of likely N-dealkylation sites (tertiary alicyclic amines) is 1. The van der Waals surface area contributed by atoms with Gasteiger partial charge in [0.25, 0.3) is 0 Å². The van der Waals surface area contributed by atoms with Crippen molar-refractivity contribution < 1.29 is 20.1 Å². The fraction of sp³-hybridized carbons (Fsp3) is 0.857. The van der Waals surface area contributed by atoms with Crippen molar-refractivity contribution in [3.05, 3.63) is 0 Å². The van der Waals surface area contributed by atoms with Crippen LogP contribution >= 0.6 is 0 Å². The van der Waals surface area contributed by atoms with Gasteiger partial charge in [0, 0.05) is 0 Å². The van der Waals surface area contributed by atoms with Crippen LogP contribution in [0.5, 0.6) is 0 Å². The highest BCUT2D eigenvalue weighted by Crippen LogP contribution is 2.16. The molecule has 1 rings (SSSR count). The van der Waals surface area contributed by atoms with E-state index in [1.165, 1.54) is 0 Å². The molecular weight excluding hydrogens is 162 g/mol. The van der Waals surface area contributed by atoms with E-state index in [0.717, 1.165) is 4.90 Å². The number of hydrogen-bond donors (Lipinski definition) is 3. The van der Waals surface area contributed by atoms with E-state index in [2.05, 4.69) is 0 Å². The molecule has 0 bridgehead atoms. The molecule has 3 N–H and O–H groups in total. The van der Waals surface area contributed by atoms with Crippen LogP contribution in [-0.2, 0) is 0 Å². The maximum Gasteiger partial charge on any atom is 0.407 e. The molecule has 0 spiro atoms. The molecule has 0 aromatic rings. The third kappa shape index (κ3) is 1.86. The number of hydrogen-bond acceptors (Lipinski definition) is 3. The van der Waals surface area contributed by atoms with Crippen LogP contribution in [0, 0.1) is 0 Å². The highest BCUT2D eigenvalue weighted by Gasteiger charge is 2.29. The number of carbonyl (C=O) groups is 1. The smallest absolute Gasteiger partial charge is 0.407 e. The Morgan fingerprint density at radius 1 is 1.50 bits per heavy atom. The van der Waals surface area contributed by atoms with E-state index in [1.54, 1.807) is 0 Å². The molecule has 1 fully saturated rings. The summed E-state index contributed by atoms with van der Waals surface area (Å²) in [4.78, 5) is 11.7. The molecule has 2 atom stereocenters. The lowest BCUT2D eigenvalue weighted by molar-refractivity contribution is 0.0192. The molecule has 70 valence electrons. The van der Waals surface area contributed by atoms with Gasteiger partial charge in [-0.25, -0.2) is 4.79 Å². The Balaban J connectivity index is 2.58. The van der Waals surface area contributed by atoms with Gasteiger partial charge in [-0.05, 0) is 12.8 Å². The van der Waals surface area contributed by atoms with Crippen LogP contribution < -0.4 is 0 Å². The standard InChI is InChI=1S/C7H13NO4/c9-4-5-1-2-6(10)3-8(5)7(11)12/h5-6,9-10H,1-4H2,(H,11,12)/t5-,6-/m0/s1. The largest absolute Gasteiger partial charge is 0.465 e. The number of nitrogens with zero attached hydrogens (tertiary/aromatic N) is 1. The maximum atomic E-state index is 10.6. The summed E-state index contributed by atoms with van der Waals surface area (Å²) in [5.41, 5.74) is 0. The lowest BCUT2D eigenvalue weighted by atomic mass is 10.0. The number of rotatable bonds is 1. The Kier molecular flexibility index (Phi) is 2.88. The minimum absolute atomic E-state index is 0.112. The van der Waals surface area contributed by atoms with Gasteiger partial charge in [-0.2, -0.15) is 0 Å². The van der Waals surface area contributed by atoms with Crippen molar-refractivity contribution in [1.82, 2.24) is 4.90 Å². The Labute approximate surface area is 70.2 Å². The minimum atomic E-state index is -1.08. The topological polar surface area (TPSA) is 81.0 Å². The Morgan fingerprint density at radius 3 is 2.67 bits per heavy atom. The second-order valence-corrected chi connectivity index (χ2v) is 3.00. The lowest BCUT2D eigenvalue weighted by Gasteiger charge is -2.34. The summed E-state index contributed by atoms with van der Waals surface area (Å²) in [6.07, 6.45) is -0.560. The first-order chi connectivity index (χ1) is 5.65. The monoisotopic (exact) mass is 175 g/mol. The second-order valence-electron chi connectivity index (χ2n) is 3.00. The lowest BCUT2D eigenvalue weighted by Crippen LogP contribution is -2.49. The van der Waals surface area contributed by atoms with Crippen molar-refractivity contribution in [3.63, 3.8) is 0 Å². The van der Waals surface area contributed by atoms with Crippen LogP contribution in [0.2, 0.25) is 0 Å². The minimum Gasteiger partial charge on any atom is -0.465 e. The van der Waals surface area contributed by atoms with Gasteiger partial charge in [0.05, 0.1) is 25.3 Å². The molecule has 12 heavy (non-hydrogen) atoms. The van der Waals surface area contributed by atoms with Gasteiger partial charge in [0.2, 0.25) is 0 Å². The zero-order valence-electron chi connectivity index (χ0n) is 6.68. The summed E-state index contributed by atoms with van der Waals surface area (Å²) in [6.45, 7) is -0.0560. The van der Waals surface area contributed by atoms with Crippen molar-refractivity contribution in [2.75, 3.05) is 13.2 Å². The first kappa shape index (κ1) is 9.28. The molecule has 5 heteroatoms. The molecule has 5 nitrogen and oxygen atoms in total. The molecular formula is C7H13NO4. The number of aliphatic hydroxyl groups is 2. The Hall–Kier alpha value is -0.810. The Morgan fingerprint density at radius 2 is 2.17 bits per heavy atom. The van der Waals surface area contributed by atoms with E-state index in [9.17, 15) is 4.79 Å². The van der Waals surface area contributed by atoms with Gasteiger partial charge in [-0.15, -0.1) is 0 Å². The molecule has 1 aliphatic rings. The first-order valence-corrected chi connectivity index (χ1v) is 3.93. The van der Waals surface area contributed by atoms with Gasteiger partial charge in [-0.1, -0.05) is 0 Å². The molecule has 1 heterocycles. The summed E-state index contributed by atoms with van der Waals surface area (Å²) in [5.74, 6) is 0. The highest BCUT2D eigenvalue weighted by molar-refractivity contribution is 5.65. The molecule has 0 unspecified atom stereocenters. The van der Waals surface area contributed by atoms with E-state index in [0.29, 0.717) is 12.8 Å². The summed E-state index contributed by atoms with van der Waals surface area (Å²) >= 11 is 0. The van der Waals surface area contributed by atoms with Crippen LogP contribution in [0.3, 0.4) is 0 Å². The Bertz CT molecular complexity index is 173. The summed E-state index contributed by atoms with van der Waals surface area (Å²) in [6, 6.07) is -0.342. The molecule has 0 aromatic heterocycles. The van der Waals surface area contributed by atoms with Crippen LogP contribution in [0.1, 0.15) is 12.8 Å². The van der Waals surface area contributed by atoms with Crippen LogP contribution in [-0.4, -0.2) is 51.6 Å². The van der Waals surface area contributed by atoms with Gasteiger partial charge in [0.15, 0.2) is 0 Å².